The lowest BCUT2D eigenvalue weighted by molar-refractivity contribution is -0.174. The minimum atomic E-state index is -0.646. The highest BCUT2D eigenvalue weighted by atomic mass is 16.5. The summed E-state index contributed by atoms with van der Waals surface area (Å²) in [5.74, 6) is 0.221. The summed E-state index contributed by atoms with van der Waals surface area (Å²) in [6.45, 7) is 11.9. The number of rotatable bonds is 4. The van der Waals surface area contributed by atoms with Gasteiger partial charge in [0.05, 0.1) is 5.60 Å². The molecule has 0 aromatic rings. The minimum absolute atomic E-state index is 0.221. The van der Waals surface area contributed by atoms with Crippen LogP contribution in [0.3, 0.4) is 0 Å². The summed E-state index contributed by atoms with van der Waals surface area (Å²) in [4.78, 5) is 12.0. The molecule has 0 saturated carbocycles. The van der Waals surface area contributed by atoms with Crippen LogP contribution >= 0.6 is 0 Å². The molecular weight excluding hydrogens is 212 g/mol. The molecule has 1 rings (SSSR count). The molecule has 2 nitrogen and oxygen atoms in total. The SMILES string of the molecule is C=CC1(C)CCC(=O)C(C)(CCC=C(C)C)O1. The topological polar surface area (TPSA) is 26.3 Å². The molecule has 1 aliphatic heterocycles. The highest BCUT2D eigenvalue weighted by Gasteiger charge is 2.43. The predicted molar refractivity (Wildman–Crippen MR) is 71.0 cm³/mol. The molecule has 96 valence electrons. The smallest absolute Gasteiger partial charge is 0.164 e. The van der Waals surface area contributed by atoms with Crippen molar-refractivity contribution in [3.05, 3.63) is 24.3 Å². The highest BCUT2D eigenvalue weighted by Crippen LogP contribution is 2.36. The van der Waals surface area contributed by atoms with Crippen molar-refractivity contribution < 1.29 is 9.53 Å². The number of ether oxygens (including phenoxy) is 1. The second-order valence-corrected chi connectivity index (χ2v) is 5.59. The summed E-state index contributed by atoms with van der Waals surface area (Å²) in [7, 11) is 0. The van der Waals surface area contributed by atoms with Gasteiger partial charge in [0.2, 0.25) is 0 Å². The van der Waals surface area contributed by atoms with Crippen LogP contribution in [0, 0.1) is 0 Å². The molecule has 2 heteroatoms. The van der Waals surface area contributed by atoms with E-state index < -0.39 is 5.60 Å². The Hall–Kier alpha value is -0.890. The lowest BCUT2D eigenvalue weighted by Gasteiger charge is -2.42. The van der Waals surface area contributed by atoms with Crippen LogP contribution in [-0.4, -0.2) is 17.0 Å². The molecule has 0 spiro atoms. The fourth-order valence-corrected chi connectivity index (χ4v) is 2.22. The van der Waals surface area contributed by atoms with Crippen LogP contribution in [0.25, 0.3) is 0 Å². The van der Waals surface area contributed by atoms with Gasteiger partial charge in [0, 0.05) is 6.42 Å². The van der Waals surface area contributed by atoms with Crippen molar-refractivity contribution in [2.45, 2.75) is 64.6 Å². The number of hydrogen-bond donors (Lipinski definition) is 0. The normalized spacial score (nSPS) is 33.3. The van der Waals surface area contributed by atoms with Crippen LogP contribution in [0.2, 0.25) is 0 Å². The summed E-state index contributed by atoms with van der Waals surface area (Å²) in [5, 5.41) is 0. The Morgan fingerprint density at radius 2 is 2.12 bits per heavy atom. The Labute approximate surface area is 105 Å². The van der Waals surface area contributed by atoms with Crippen molar-refractivity contribution in [1.29, 1.82) is 0 Å². The summed E-state index contributed by atoms with van der Waals surface area (Å²) < 4.78 is 6.01. The Balaban J connectivity index is 2.73. The maximum atomic E-state index is 12.0. The fourth-order valence-electron chi connectivity index (χ4n) is 2.22. The van der Waals surface area contributed by atoms with Gasteiger partial charge in [-0.15, -0.1) is 6.58 Å². The number of carbonyl (C=O) groups is 1. The minimum Gasteiger partial charge on any atom is -0.357 e. The zero-order valence-corrected chi connectivity index (χ0v) is 11.5. The maximum absolute atomic E-state index is 12.0. The van der Waals surface area contributed by atoms with E-state index in [9.17, 15) is 4.79 Å². The van der Waals surface area contributed by atoms with Gasteiger partial charge < -0.3 is 4.74 Å². The number of allylic oxidation sites excluding steroid dienone is 2. The van der Waals surface area contributed by atoms with Gasteiger partial charge in [-0.05, 0) is 47.0 Å². The largest absolute Gasteiger partial charge is 0.357 e. The molecule has 1 aliphatic rings. The third-order valence-electron chi connectivity index (χ3n) is 3.50. The van der Waals surface area contributed by atoms with E-state index in [-0.39, 0.29) is 11.4 Å². The Bertz CT molecular complexity index is 339. The van der Waals surface area contributed by atoms with Gasteiger partial charge in [-0.3, -0.25) is 4.79 Å². The molecule has 2 atom stereocenters. The summed E-state index contributed by atoms with van der Waals surface area (Å²) >= 11 is 0. The van der Waals surface area contributed by atoms with Gasteiger partial charge in [0.15, 0.2) is 5.78 Å². The number of carbonyl (C=O) groups excluding carboxylic acids is 1. The summed E-state index contributed by atoms with van der Waals surface area (Å²) in [6.07, 6.45) is 6.94. The van der Waals surface area contributed by atoms with Crippen LogP contribution < -0.4 is 0 Å². The quantitative estimate of drug-likeness (QED) is 0.694. The van der Waals surface area contributed by atoms with Crippen LogP contribution in [0.5, 0.6) is 0 Å². The van der Waals surface area contributed by atoms with Gasteiger partial charge in [0.25, 0.3) is 0 Å². The molecular formula is C15H24O2. The average molecular weight is 236 g/mol. The van der Waals surface area contributed by atoms with Gasteiger partial charge >= 0.3 is 0 Å². The highest BCUT2D eigenvalue weighted by molar-refractivity contribution is 5.87. The van der Waals surface area contributed by atoms with Crippen LogP contribution in [0.1, 0.15) is 53.4 Å². The lowest BCUT2D eigenvalue weighted by Crippen LogP contribution is -2.50. The van der Waals surface area contributed by atoms with E-state index in [2.05, 4.69) is 26.5 Å². The molecule has 0 radical (unpaired) electrons. The first kappa shape index (κ1) is 14.2. The molecule has 0 amide bonds. The Morgan fingerprint density at radius 3 is 2.65 bits per heavy atom. The van der Waals surface area contributed by atoms with E-state index in [4.69, 9.17) is 4.74 Å². The monoisotopic (exact) mass is 236 g/mol. The third-order valence-corrected chi connectivity index (χ3v) is 3.50. The van der Waals surface area contributed by atoms with E-state index in [1.165, 1.54) is 5.57 Å². The number of Topliss-reactive ketones (excluding diaryl/α,β-unsaturated/α-hetero) is 1. The van der Waals surface area contributed by atoms with Gasteiger partial charge in [0.1, 0.15) is 5.60 Å². The second-order valence-electron chi connectivity index (χ2n) is 5.59. The fraction of sp³-hybridized carbons (Fsp3) is 0.667. The zero-order chi connectivity index (χ0) is 13.1. The van der Waals surface area contributed by atoms with E-state index in [1.807, 2.05) is 19.9 Å². The zero-order valence-electron chi connectivity index (χ0n) is 11.5. The molecule has 0 aliphatic carbocycles. The lowest BCUT2D eigenvalue weighted by atomic mass is 9.83. The Morgan fingerprint density at radius 1 is 1.47 bits per heavy atom. The molecule has 1 heterocycles. The average Bonchev–Trinajstić information content (AvgIpc) is 2.24. The van der Waals surface area contributed by atoms with Crippen molar-refractivity contribution >= 4 is 5.78 Å². The van der Waals surface area contributed by atoms with Gasteiger partial charge in [-0.1, -0.05) is 17.7 Å². The van der Waals surface area contributed by atoms with Crippen LogP contribution in [0.4, 0.5) is 0 Å². The summed E-state index contributed by atoms with van der Waals surface area (Å²) in [5.41, 5.74) is 0.282. The van der Waals surface area contributed by atoms with Crippen molar-refractivity contribution in [2.24, 2.45) is 0 Å². The van der Waals surface area contributed by atoms with E-state index in [0.29, 0.717) is 6.42 Å². The van der Waals surface area contributed by atoms with Crippen molar-refractivity contribution in [3.8, 4) is 0 Å². The third kappa shape index (κ3) is 3.53. The second kappa shape index (κ2) is 5.18. The van der Waals surface area contributed by atoms with E-state index in [0.717, 1.165) is 19.3 Å². The first-order chi connectivity index (χ1) is 7.81. The van der Waals surface area contributed by atoms with Gasteiger partial charge in [-0.25, -0.2) is 0 Å². The van der Waals surface area contributed by atoms with Crippen LogP contribution in [0.15, 0.2) is 24.3 Å². The first-order valence-corrected chi connectivity index (χ1v) is 6.32. The molecule has 17 heavy (non-hydrogen) atoms. The molecule has 1 fully saturated rings. The molecule has 0 N–H and O–H groups in total. The first-order valence-electron chi connectivity index (χ1n) is 6.32. The summed E-state index contributed by atoms with van der Waals surface area (Å²) in [6, 6.07) is 0. The van der Waals surface area contributed by atoms with E-state index >= 15 is 0 Å². The standard InChI is InChI=1S/C15H24O2/c1-6-14(4)11-9-13(16)15(5,17-14)10-7-8-12(2)3/h6,8H,1,7,9-11H2,2-5H3. The Kier molecular flexibility index (Phi) is 4.31. The predicted octanol–water partition coefficient (Wildman–Crippen LogP) is 3.82. The maximum Gasteiger partial charge on any atom is 0.164 e. The molecule has 0 aromatic heterocycles. The van der Waals surface area contributed by atoms with Gasteiger partial charge in [-0.2, -0.15) is 0 Å². The van der Waals surface area contributed by atoms with Crippen LogP contribution in [-0.2, 0) is 9.53 Å². The molecule has 0 bridgehead atoms. The van der Waals surface area contributed by atoms with Crippen molar-refractivity contribution in [3.63, 3.8) is 0 Å². The molecule has 2 unspecified atom stereocenters. The van der Waals surface area contributed by atoms with E-state index in [1.54, 1.807) is 0 Å². The van der Waals surface area contributed by atoms with Crippen molar-refractivity contribution in [1.82, 2.24) is 0 Å². The number of ketones is 1. The number of hydrogen-bond acceptors (Lipinski definition) is 2. The van der Waals surface area contributed by atoms with Crippen molar-refractivity contribution in [2.75, 3.05) is 0 Å². The molecule has 1 saturated heterocycles. The molecule has 0 aromatic carbocycles.